The van der Waals surface area contributed by atoms with Crippen LogP contribution in [0.3, 0.4) is 0 Å². The van der Waals surface area contributed by atoms with E-state index >= 15 is 0 Å². The van der Waals surface area contributed by atoms with Crippen molar-refractivity contribution in [2.24, 2.45) is 0 Å². The van der Waals surface area contributed by atoms with Crippen LogP contribution in [-0.2, 0) is 6.54 Å². The van der Waals surface area contributed by atoms with Crippen molar-refractivity contribution in [3.8, 4) is 11.4 Å². The number of hydrogen-bond acceptors (Lipinski definition) is 3. The van der Waals surface area contributed by atoms with E-state index in [4.69, 9.17) is 23.2 Å². The first-order valence-corrected chi connectivity index (χ1v) is 8.16. The summed E-state index contributed by atoms with van der Waals surface area (Å²) in [6.07, 6.45) is 0. The van der Waals surface area contributed by atoms with Gasteiger partial charge in [0.05, 0.1) is 6.54 Å². The van der Waals surface area contributed by atoms with Gasteiger partial charge in [-0.05, 0) is 17.2 Å². The molecule has 2 heterocycles. The number of imidazole rings is 1. The first-order chi connectivity index (χ1) is 11.7. The predicted octanol–water partition coefficient (Wildman–Crippen LogP) is 4.85. The molecule has 0 aliphatic heterocycles. The SMILES string of the molecule is Clc1nc(Cl)c2nc(-c3ccccc3)n(Cc3ccccc3)c2n1. The highest BCUT2D eigenvalue weighted by molar-refractivity contribution is 6.35. The van der Waals surface area contributed by atoms with E-state index in [0.29, 0.717) is 17.7 Å². The number of aromatic nitrogens is 4. The van der Waals surface area contributed by atoms with Gasteiger partial charge in [-0.1, -0.05) is 72.3 Å². The first-order valence-electron chi connectivity index (χ1n) is 7.41. The van der Waals surface area contributed by atoms with Gasteiger partial charge in [0, 0.05) is 5.56 Å². The lowest BCUT2D eigenvalue weighted by atomic mass is 10.2. The van der Waals surface area contributed by atoms with Gasteiger partial charge in [0.25, 0.3) is 0 Å². The molecular weight excluding hydrogens is 343 g/mol. The van der Waals surface area contributed by atoms with Gasteiger partial charge >= 0.3 is 0 Å². The summed E-state index contributed by atoms with van der Waals surface area (Å²) in [6.45, 7) is 0.616. The zero-order valence-electron chi connectivity index (χ0n) is 12.5. The lowest BCUT2D eigenvalue weighted by molar-refractivity contribution is 0.823. The molecule has 0 saturated heterocycles. The van der Waals surface area contributed by atoms with Gasteiger partial charge < -0.3 is 4.57 Å². The van der Waals surface area contributed by atoms with E-state index in [-0.39, 0.29) is 10.4 Å². The molecule has 0 aliphatic rings. The number of fused-ring (bicyclic) bond motifs is 1. The smallest absolute Gasteiger partial charge is 0.225 e. The molecular formula is C18H12Cl2N4. The molecule has 0 atom stereocenters. The molecule has 118 valence electrons. The van der Waals surface area contributed by atoms with Crippen LogP contribution in [0.15, 0.2) is 60.7 Å². The molecule has 4 aromatic rings. The van der Waals surface area contributed by atoms with Crippen LogP contribution in [0, 0.1) is 0 Å². The van der Waals surface area contributed by atoms with Gasteiger partial charge in [-0.2, -0.15) is 4.98 Å². The maximum atomic E-state index is 6.23. The molecule has 0 N–H and O–H groups in total. The van der Waals surface area contributed by atoms with E-state index in [1.165, 1.54) is 0 Å². The van der Waals surface area contributed by atoms with Crippen molar-refractivity contribution >= 4 is 34.4 Å². The van der Waals surface area contributed by atoms with Crippen LogP contribution in [0.4, 0.5) is 0 Å². The summed E-state index contributed by atoms with van der Waals surface area (Å²) in [6, 6.07) is 20.1. The third kappa shape index (κ3) is 2.75. The fraction of sp³-hybridized carbons (Fsp3) is 0.0556. The van der Waals surface area contributed by atoms with Crippen molar-refractivity contribution in [1.82, 2.24) is 19.5 Å². The van der Waals surface area contributed by atoms with Gasteiger partial charge in [0.1, 0.15) is 11.3 Å². The number of halogens is 2. The Hall–Kier alpha value is -2.43. The van der Waals surface area contributed by atoms with Crippen molar-refractivity contribution in [3.63, 3.8) is 0 Å². The van der Waals surface area contributed by atoms with Gasteiger partial charge in [-0.15, -0.1) is 0 Å². The lowest BCUT2D eigenvalue weighted by Crippen LogP contribution is -2.03. The average Bonchev–Trinajstić information content (AvgIpc) is 2.95. The minimum absolute atomic E-state index is 0.112. The molecule has 0 saturated carbocycles. The number of rotatable bonds is 3. The van der Waals surface area contributed by atoms with Crippen molar-refractivity contribution in [3.05, 3.63) is 76.7 Å². The third-order valence-electron chi connectivity index (χ3n) is 3.74. The second-order valence-corrected chi connectivity index (χ2v) is 6.02. The molecule has 4 nitrogen and oxygen atoms in total. The summed E-state index contributed by atoms with van der Waals surface area (Å²) in [7, 11) is 0. The average molecular weight is 355 g/mol. The van der Waals surface area contributed by atoms with Crippen molar-refractivity contribution < 1.29 is 0 Å². The summed E-state index contributed by atoms with van der Waals surface area (Å²) >= 11 is 12.2. The molecule has 0 spiro atoms. The monoisotopic (exact) mass is 354 g/mol. The van der Waals surface area contributed by atoms with Crippen LogP contribution in [0.1, 0.15) is 5.56 Å². The molecule has 0 bridgehead atoms. The van der Waals surface area contributed by atoms with Gasteiger partial charge in [0.15, 0.2) is 10.8 Å². The van der Waals surface area contributed by atoms with E-state index < -0.39 is 0 Å². The highest BCUT2D eigenvalue weighted by atomic mass is 35.5. The second kappa shape index (κ2) is 6.23. The van der Waals surface area contributed by atoms with Crippen LogP contribution in [0.2, 0.25) is 10.4 Å². The Labute approximate surface area is 148 Å². The Morgan fingerprint density at radius 3 is 2.17 bits per heavy atom. The molecule has 2 aromatic heterocycles. The van der Waals surface area contributed by atoms with Gasteiger partial charge in [-0.3, -0.25) is 0 Å². The van der Waals surface area contributed by atoms with E-state index in [9.17, 15) is 0 Å². The van der Waals surface area contributed by atoms with Crippen LogP contribution < -0.4 is 0 Å². The topological polar surface area (TPSA) is 43.6 Å². The second-order valence-electron chi connectivity index (χ2n) is 5.33. The molecule has 0 fully saturated rings. The largest absolute Gasteiger partial charge is 0.304 e. The Kier molecular flexibility index (Phi) is 3.92. The maximum absolute atomic E-state index is 6.23. The molecule has 4 rings (SSSR count). The molecule has 0 unspecified atom stereocenters. The highest BCUT2D eigenvalue weighted by Crippen LogP contribution is 2.28. The predicted molar refractivity (Wildman–Crippen MR) is 96.3 cm³/mol. The zero-order chi connectivity index (χ0) is 16.5. The van der Waals surface area contributed by atoms with Crippen LogP contribution in [0.5, 0.6) is 0 Å². The number of hydrogen-bond donors (Lipinski definition) is 0. The number of benzene rings is 2. The Balaban J connectivity index is 1.97. The summed E-state index contributed by atoms with van der Waals surface area (Å²) in [5, 5.41) is 0.371. The van der Waals surface area contributed by atoms with E-state index in [2.05, 4.69) is 27.1 Å². The lowest BCUT2D eigenvalue weighted by Gasteiger charge is -2.09. The Morgan fingerprint density at radius 1 is 0.792 bits per heavy atom. The van der Waals surface area contributed by atoms with Gasteiger partial charge in [0.2, 0.25) is 5.28 Å². The summed E-state index contributed by atoms with van der Waals surface area (Å²) in [5.74, 6) is 0.785. The Morgan fingerprint density at radius 2 is 1.46 bits per heavy atom. The molecule has 0 aliphatic carbocycles. The zero-order valence-corrected chi connectivity index (χ0v) is 14.0. The fourth-order valence-corrected chi connectivity index (χ4v) is 3.08. The Bertz CT molecular complexity index is 998. The molecule has 6 heteroatoms. The standard InChI is InChI=1S/C18H12Cl2N4/c19-15-14-17(23-18(20)22-15)24(11-12-7-3-1-4-8-12)16(21-14)13-9-5-2-6-10-13/h1-10H,11H2. The maximum Gasteiger partial charge on any atom is 0.225 e. The number of nitrogens with zero attached hydrogens (tertiary/aromatic N) is 4. The van der Waals surface area contributed by atoms with E-state index in [1.54, 1.807) is 0 Å². The van der Waals surface area contributed by atoms with Crippen LogP contribution >= 0.6 is 23.2 Å². The first kappa shape index (κ1) is 15.1. The quantitative estimate of drug-likeness (QED) is 0.390. The van der Waals surface area contributed by atoms with E-state index in [1.807, 2.05) is 53.1 Å². The third-order valence-corrected chi connectivity index (χ3v) is 4.17. The van der Waals surface area contributed by atoms with Crippen molar-refractivity contribution in [1.29, 1.82) is 0 Å². The summed E-state index contributed by atoms with van der Waals surface area (Å²) in [5.41, 5.74) is 3.30. The normalized spacial score (nSPS) is 11.1. The minimum atomic E-state index is 0.112. The molecule has 0 amide bonds. The van der Waals surface area contributed by atoms with Crippen molar-refractivity contribution in [2.75, 3.05) is 0 Å². The summed E-state index contributed by atoms with van der Waals surface area (Å²) < 4.78 is 2.01. The summed E-state index contributed by atoms with van der Waals surface area (Å²) in [4.78, 5) is 13.0. The van der Waals surface area contributed by atoms with E-state index in [0.717, 1.165) is 17.0 Å². The highest BCUT2D eigenvalue weighted by Gasteiger charge is 2.18. The van der Waals surface area contributed by atoms with Gasteiger partial charge in [-0.25, -0.2) is 9.97 Å². The van der Waals surface area contributed by atoms with Crippen molar-refractivity contribution in [2.45, 2.75) is 6.54 Å². The van der Waals surface area contributed by atoms with Crippen LogP contribution in [-0.4, -0.2) is 19.5 Å². The fourth-order valence-electron chi connectivity index (χ4n) is 2.67. The van der Waals surface area contributed by atoms with Crippen LogP contribution in [0.25, 0.3) is 22.6 Å². The molecule has 0 radical (unpaired) electrons. The molecule has 2 aromatic carbocycles. The molecule has 24 heavy (non-hydrogen) atoms. The minimum Gasteiger partial charge on any atom is -0.304 e.